The summed E-state index contributed by atoms with van der Waals surface area (Å²) in [4.78, 5) is 12.4. The molecule has 3 heteroatoms. The van der Waals surface area contributed by atoms with Crippen LogP contribution in [0.15, 0.2) is 18.0 Å². The molecule has 0 bridgehead atoms. The molecule has 54 valence electrons. The van der Waals surface area contributed by atoms with Gasteiger partial charge in [-0.2, -0.15) is 0 Å². The van der Waals surface area contributed by atoms with Crippen LogP contribution in [0.4, 0.5) is 0 Å². The summed E-state index contributed by atoms with van der Waals surface area (Å²) in [5, 5.41) is 0. The molecule has 1 atom stereocenters. The third-order valence-electron chi connectivity index (χ3n) is 1.61. The third kappa shape index (κ3) is 0.685. The predicted octanol–water partition coefficient (Wildman–Crippen LogP) is -0.155. The second-order valence-corrected chi connectivity index (χ2v) is 2.12. The lowest BCUT2D eigenvalue weighted by Crippen LogP contribution is -2.58. The highest BCUT2D eigenvalue weighted by atomic mass is 16.2. The van der Waals surface area contributed by atoms with Gasteiger partial charge < -0.3 is 10.6 Å². The van der Waals surface area contributed by atoms with Crippen LogP contribution >= 0.6 is 0 Å². The largest absolute Gasteiger partial charge is 0.314 e. The van der Waals surface area contributed by atoms with Crippen LogP contribution < -0.4 is 5.73 Å². The van der Waals surface area contributed by atoms with Crippen molar-refractivity contribution in [2.45, 2.75) is 13.0 Å². The van der Waals surface area contributed by atoms with Crippen molar-refractivity contribution in [3.8, 4) is 0 Å². The summed E-state index contributed by atoms with van der Waals surface area (Å²) >= 11 is 0. The maximum absolute atomic E-state index is 10.9. The van der Waals surface area contributed by atoms with Crippen LogP contribution in [0.5, 0.6) is 0 Å². The van der Waals surface area contributed by atoms with E-state index in [1.54, 1.807) is 4.90 Å². The standard InChI is InChI=1S/C7H10N2O/c1-3-5-6(8)7(10)9(5)4-2/h6H,1,4,8H2,2H3. The second kappa shape index (κ2) is 2.29. The van der Waals surface area contributed by atoms with Gasteiger partial charge in [0, 0.05) is 6.54 Å². The van der Waals surface area contributed by atoms with Crippen molar-refractivity contribution in [1.82, 2.24) is 4.90 Å². The van der Waals surface area contributed by atoms with Crippen LogP contribution in [0.25, 0.3) is 0 Å². The van der Waals surface area contributed by atoms with Gasteiger partial charge in [0.25, 0.3) is 5.91 Å². The molecule has 0 saturated carbocycles. The Morgan fingerprint density at radius 1 is 1.90 bits per heavy atom. The van der Waals surface area contributed by atoms with Crippen molar-refractivity contribution < 1.29 is 4.79 Å². The Labute approximate surface area is 59.8 Å². The zero-order valence-corrected chi connectivity index (χ0v) is 5.92. The van der Waals surface area contributed by atoms with E-state index in [1.807, 2.05) is 6.92 Å². The van der Waals surface area contributed by atoms with E-state index in [0.29, 0.717) is 12.2 Å². The van der Waals surface area contributed by atoms with Crippen molar-refractivity contribution in [2.24, 2.45) is 5.73 Å². The summed E-state index contributed by atoms with van der Waals surface area (Å²) in [5.74, 6) is -0.0337. The van der Waals surface area contributed by atoms with Crippen LogP contribution in [0.3, 0.4) is 0 Å². The van der Waals surface area contributed by atoms with E-state index < -0.39 is 6.04 Å². The number of likely N-dealkylation sites (N-methyl/N-ethyl adjacent to an activating group) is 1. The molecular formula is C7H10N2O. The fourth-order valence-corrected chi connectivity index (χ4v) is 1.04. The van der Waals surface area contributed by atoms with Crippen LogP contribution in [-0.4, -0.2) is 23.4 Å². The molecule has 1 aliphatic heterocycles. The molecule has 1 amide bonds. The Morgan fingerprint density at radius 3 is 2.80 bits per heavy atom. The molecule has 3 nitrogen and oxygen atoms in total. The number of hydrogen-bond donors (Lipinski definition) is 1. The topological polar surface area (TPSA) is 46.3 Å². The van der Waals surface area contributed by atoms with Gasteiger partial charge in [0.2, 0.25) is 0 Å². The van der Waals surface area contributed by atoms with Crippen LogP contribution in [-0.2, 0) is 4.79 Å². The first-order valence-electron chi connectivity index (χ1n) is 3.19. The molecule has 1 rings (SSSR count). The number of carbonyl (C=O) groups is 1. The first-order chi connectivity index (χ1) is 4.72. The average Bonchev–Trinajstić information content (AvgIpc) is 1.97. The zero-order valence-electron chi connectivity index (χ0n) is 5.92. The van der Waals surface area contributed by atoms with E-state index in [9.17, 15) is 4.79 Å². The smallest absolute Gasteiger partial charge is 0.250 e. The van der Waals surface area contributed by atoms with E-state index in [1.165, 1.54) is 0 Å². The van der Waals surface area contributed by atoms with E-state index in [2.05, 4.69) is 12.3 Å². The van der Waals surface area contributed by atoms with Crippen molar-refractivity contribution in [3.05, 3.63) is 18.0 Å². The zero-order chi connectivity index (χ0) is 7.72. The number of carbonyl (C=O) groups excluding carboxylic acids is 1. The minimum atomic E-state index is -0.475. The predicted molar refractivity (Wildman–Crippen MR) is 38.0 cm³/mol. The first-order valence-corrected chi connectivity index (χ1v) is 3.19. The van der Waals surface area contributed by atoms with Crippen LogP contribution in [0, 0.1) is 0 Å². The minimum absolute atomic E-state index is 0.0337. The fourth-order valence-electron chi connectivity index (χ4n) is 1.04. The molecule has 0 spiro atoms. The minimum Gasteiger partial charge on any atom is -0.314 e. The average molecular weight is 138 g/mol. The molecule has 0 aromatic carbocycles. The highest BCUT2D eigenvalue weighted by molar-refractivity contribution is 5.93. The highest BCUT2D eigenvalue weighted by Gasteiger charge is 2.38. The van der Waals surface area contributed by atoms with Gasteiger partial charge in [-0.3, -0.25) is 4.79 Å². The molecule has 1 heterocycles. The number of β-lactam (4-membered cyclic amide) rings is 1. The van der Waals surface area contributed by atoms with Gasteiger partial charge >= 0.3 is 0 Å². The van der Waals surface area contributed by atoms with Crippen molar-refractivity contribution in [3.63, 3.8) is 0 Å². The maximum atomic E-state index is 10.9. The molecule has 1 fully saturated rings. The number of likely N-dealkylation sites (tertiary alicyclic amines) is 1. The lowest BCUT2D eigenvalue weighted by atomic mass is 10.0. The number of rotatable bonds is 1. The van der Waals surface area contributed by atoms with Gasteiger partial charge in [-0.15, -0.1) is 5.73 Å². The van der Waals surface area contributed by atoms with Crippen LogP contribution in [0.1, 0.15) is 6.92 Å². The van der Waals surface area contributed by atoms with Crippen molar-refractivity contribution >= 4 is 5.91 Å². The molecule has 2 N–H and O–H groups in total. The van der Waals surface area contributed by atoms with Gasteiger partial charge in [-0.1, -0.05) is 6.58 Å². The Bertz CT molecular complexity index is 216. The second-order valence-electron chi connectivity index (χ2n) is 2.12. The monoisotopic (exact) mass is 138 g/mol. The van der Waals surface area contributed by atoms with Gasteiger partial charge in [0.15, 0.2) is 0 Å². The van der Waals surface area contributed by atoms with Gasteiger partial charge in [-0.05, 0) is 6.92 Å². The van der Waals surface area contributed by atoms with E-state index in [4.69, 9.17) is 5.73 Å². The highest BCUT2D eigenvalue weighted by Crippen LogP contribution is 2.19. The Morgan fingerprint density at radius 2 is 2.50 bits per heavy atom. The summed E-state index contributed by atoms with van der Waals surface area (Å²) in [6, 6.07) is -0.475. The van der Waals surface area contributed by atoms with Crippen molar-refractivity contribution in [1.29, 1.82) is 0 Å². The Kier molecular flexibility index (Phi) is 1.62. The first kappa shape index (κ1) is 7.06. The third-order valence-corrected chi connectivity index (χ3v) is 1.61. The van der Waals surface area contributed by atoms with Gasteiger partial charge in [0.1, 0.15) is 6.04 Å². The summed E-state index contributed by atoms with van der Waals surface area (Å²) < 4.78 is 0. The quantitative estimate of drug-likeness (QED) is 0.404. The molecule has 1 aliphatic rings. The van der Waals surface area contributed by atoms with Crippen molar-refractivity contribution in [2.75, 3.05) is 6.54 Å². The molecule has 1 unspecified atom stereocenters. The molecule has 0 aromatic heterocycles. The summed E-state index contributed by atoms with van der Waals surface area (Å²) in [7, 11) is 0. The summed E-state index contributed by atoms with van der Waals surface area (Å²) in [6.07, 6.45) is 0. The van der Waals surface area contributed by atoms with E-state index >= 15 is 0 Å². The molecular weight excluding hydrogens is 128 g/mol. The number of amides is 1. The Balaban J connectivity index is 2.80. The molecule has 1 saturated heterocycles. The number of nitrogens with zero attached hydrogens (tertiary/aromatic N) is 1. The SMILES string of the molecule is C=C=C1C(N)C(=O)N1CC. The number of hydrogen-bond acceptors (Lipinski definition) is 2. The normalized spacial score (nSPS) is 24.2. The summed E-state index contributed by atoms with van der Waals surface area (Å²) in [6.45, 7) is 5.98. The fraction of sp³-hybridized carbons (Fsp3) is 0.429. The van der Waals surface area contributed by atoms with E-state index in [0.717, 1.165) is 0 Å². The van der Waals surface area contributed by atoms with Gasteiger partial charge in [0.05, 0.1) is 5.70 Å². The molecule has 10 heavy (non-hydrogen) atoms. The van der Waals surface area contributed by atoms with Gasteiger partial charge in [-0.25, -0.2) is 0 Å². The number of nitrogens with two attached hydrogens (primary N) is 1. The molecule has 0 aliphatic carbocycles. The lowest BCUT2D eigenvalue weighted by molar-refractivity contribution is -0.136. The van der Waals surface area contributed by atoms with Crippen LogP contribution in [0.2, 0.25) is 0 Å². The Hall–Kier alpha value is -1.05. The molecule has 0 radical (unpaired) electrons. The summed E-state index contributed by atoms with van der Waals surface area (Å²) in [5.41, 5.74) is 8.76. The lowest BCUT2D eigenvalue weighted by Gasteiger charge is -2.36. The maximum Gasteiger partial charge on any atom is 0.250 e. The van der Waals surface area contributed by atoms with E-state index in [-0.39, 0.29) is 5.91 Å². The molecule has 0 aromatic rings.